The molecule has 1 aliphatic carbocycles. The number of hydrogen-bond acceptors (Lipinski definition) is 2. The van der Waals surface area contributed by atoms with Gasteiger partial charge in [-0.2, -0.15) is 0 Å². The van der Waals surface area contributed by atoms with E-state index in [0.29, 0.717) is 0 Å². The predicted molar refractivity (Wildman–Crippen MR) is 114 cm³/mol. The van der Waals surface area contributed by atoms with Gasteiger partial charge in [0.1, 0.15) is 0 Å². The van der Waals surface area contributed by atoms with Gasteiger partial charge in [-0.05, 0) is 24.7 Å². The molecule has 1 fully saturated rings. The molecule has 0 aromatic rings. The van der Waals surface area contributed by atoms with Crippen molar-refractivity contribution >= 4 is 0 Å². The topological polar surface area (TPSA) is 18.5 Å². The number of unbranched alkanes of at least 4 members (excludes halogenated alkanes) is 12. The van der Waals surface area contributed by atoms with Crippen LogP contribution in [0.25, 0.3) is 0 Å². The first-order chi connectivity index (χ1) is 12.9. The van der Waals surface area contributed by atoms with E-state index in [1.54, 1.807) is 13.5 Å². The van der Waals surface area contributed by atoms with Crippen LogP contribution in [0.2, 0.25) is 0 Å². The molecule has 0 saturated heterocycles. The summed E-state index contributed by atoms with van der Waals surface area (Å²) in [5.74, 6) is 2.23. The summed E-state index contributed by atoms with van der Waals surface area (Å²) in [7, 11) is 1.73. The molecule has 156 valence electrons. The van der Waals surface area contributed by atoms with Gasteiger partial charge in [-0.15, -0.1) is 0 Å². The van der Waals surface area contributed by atoms with Crippen LogP contribution in [0.15, 0.2) is 0 Å². The highest BCUT2D eigenvalue weighted by Crippen LogP contribution is 2.45. The summed E-state index contributed by atoms with van der Waals surface area (Å²) in [6.45, 7) is 4.68. The third-order valence-electron chi connectivity index (χ3n) is 6.04. The molecule has 1 aliphatic rings. The molecule has 0 aromatic carbocycles. The second kappa shape index (κ2) is 18.3. The molecular weight excluding hydrogens is 320 g/mol. The van der Waals surface area contributed by atoms with E-state index in [1.165, 1.54) is 103 Å². The SMILES string of the molecule is CCCCCCCCC1CC1CCCCCCCCCCOCCOC. The standard InChI is InChI=1S/C24H48O2/c1-3-4-5-6-11-14-17-23-22-24(23)18-15-12-9-7-8-10-13-16-19-26-21-20-25-2/h23-24H,3-22H2,1-2H3. The average molecular weight is 369 g/mol. The normalized spacial score (nSPS) is 19.2. The summed E-state index contributed by atoms with van der Waals surface area (Å²) < 4.78 is 10.5. The molecule has 2 unspecified atom stereocenters. The van der Waals surface area contributed by atoms with Crippen molar-refractivity contribution in [2.75, 3.05) is 26.9 Å². The third-order valence-corrected chi connectivity index (χ3v) is 6.04. The van der Waals surface area contributed by atoms with Crippen LogP contribution < -0.4 is 0 Å². The highest BCUT2D eigenvalue weighted by Gasteiger charge is 2.34. The molecule has 0 radical (unpaired) electrons. The van der Waals surface area contributed by atoms with E-state index >= 15 is 0 Å². The van der Waals surface area contributed by atoms with Gasteiger partial charge in [-0.25, -0.2) is 0 Å². The van der Waals surface area contributed by atoms with Crippen molar-refractivity contribution in [3.63, 3.8) is 0 Å². The second-order valence-corrected chi connectivity index (χ2v) is 8.53. The summed E-state index contributed by atoms with van der Waals surface area (Å²) >= 11 is 0. The molecular formula is C24H48O2. The first kappa shape index (κ1) is 24.0. The van der Waals surface area contributed by atoms with Gasteiger partial charge in [0, 0.05) is 13.7 Å². The minimum atomic E-state index is 0.723. The van der Waals surface area contributed by atoms with Gasteiger partial charge in [0.25, 0.3) is 0 Å². The lowest BCUT2D eigenvalue weighted by atomic mass is 10.0. The fourth-order valence-electron chi connectivity index (χ4n) is 4.12. The molecule has 0 heterocycles. The van der Waals surface area contributed by atoms with Crippen LogP contribution in [-0.4, -0.2) is 26.9 Å². The zero-order valence-corrected chi connectivity index (χ0v) is 18.1. The van der Waals surface area contributed by atoms with Gasteiger partial charge < -0.3 is 9.47 Å². The first-order valence-electron chi connectivity index (χ1n) is 11.9. The molecule has 2 heteroatoms. The Kier molecular flexibility index (Phi) is 16.9. The molecule has 2 atom stereocenters. The lowest BCUT2D eigenvalue weighted by molar-refractivity contribution is 0.0685. The zero-order valence-electron chi connectivity index (χ0n) is 18.1. The Balaban J connectivity index is 1.69. The predicted octanol–water partition coefficient (Wildman–Crippen LogP) is 7.55. The number of rotatable bonds is 21. The molecule has 0 bridgehead atoms. The molecule has 0 aliphatic heterocycles. The summed E-state index contributed by atoms with van der Waals surface area (Å²) in [6.07, 6.45) is 24.6. The number of hydrogen-bond donors (Lipinski definition) is 0. The van der Waals surface area contributed by atoms with E-state index in [-0.39, 0.29) is 0 Å². The molecule has 2 nitrogen and oxygen atoms in total. The average Bonchev–Trinajstić information content (AvgIpc) is 3.40. The maximum Gasteiger partial charge on any atom is 0.0700 e. The van der Waals surface area contributed by atoms with Crippen LogP contribution in [0.3, 0.4) is 0 Å². The van der Waals surface area contributed by atoms with Gasteiger partial charge in [-0.1, -0.05) is 103 Å². The number of ether oxygens (including phenoxy) is 2. The van der Waals surface area contributed by atoms with Crippen LogP contribution in [0.5, 0.6) is 0 Å². The van der Waals surface area contributed by atoms with Crippen molar-refractivity contribution in [3.05, 3.63) is 0 Å². The van der Waals surface area contributed by atoms with E-state index in [9.17, 15) is 0 Å². The van der Waals surface area contributed by atoms with E-state index in [2.05, 4.69) is 6.92 Å². The molecule has 1 saturated carbocycles. The Labute approximate surface area is 164 Å². The van der Waals surface area contributed by atoms with Gasteiger partial charge >= 0.3 is 0 Å². The van der Waals surface area contributed by atoms with E-state index in [1.807, 2.05) is 0 Å². The van der Waals surface area contributed by atoms with Gasteiger partial charge in [-0.3, -0.25) is 0 Å². The molecule has 1 rings (SSSR count). The first-order valence-corrected chi connectivity index (χ1v) is 11.9. The quantitative estimate of drug-likeness (QED) is 0.195. The van der Waals surface area contributed by atoms with Gasteiger partial charge in [0.05, 0.1) is 13.2 Å². The van der Waals surface area contributed by atoms with E-state index in [4.69, 9.17) is 9.47 Å². The molecule has 0 aromatic heterocycles. The monoisotopic (exact) mass is 368 g/mol. The van der Waals surface area contributed by atoms with Crippen LogP contribution in [0, 0.1) is 11.8 Å². The van der Waals surface area contributed by atoms with Crippen molar-refractivity contribution in [1.29, 1.82) is 0 Å². The summed E-state index contributed by atoms with van der Waals surface area (Å²) in [5.41, 5.74) is 0. The van der Waals surface area contributed by atoms with E-state index in [0.717, 1.165) is 31.7 Å². The largest absolute Gasteiger partial charge is 0.382 e. The lowest BCUT2D eigenvalue weighted by Crippen LogP contribution is -2.02. The summed E-state index contributed by atoms with van der Waals surface area (Å²) in [6, 6.07) is 0. The summed E-state index contributed by atoms with van der Waals surface area (Å²) in [5, 5.41) is 0. The van der Waals surface area contributed by atoms with Crippen LogP contribution in [-0.2, 0) is 9.47 Å². The Bertz CT molecular complexity index is 279. The molecule has 0 spiro atoms. The minimum Gasteiger partial charge on any atom is -0.382 e. The van der Waals surface area contributed by atoms with E-state index < -0.39 is 0 Å². The summed E-state index contributed by atoms with van der Waals surface area (Å²) in [4.78, 5) is 0. The minimum absolute atomic E-state index is 0.723. The zero-order chi connectivity index (χ0) is 18.7. The Morgan fingerprint density at radius 2 is 1.08 bits per heavy atom. The smallest absolute Gasteiger partial charge is 0.0700 e. The van der Waals surface area contributed by atoms with Gasteiger partial charge in [0.2, 0.25) is 0 Å². The van der Waals surface area contributed by atoms with Crippen molar-refractivity contribution in [2.24, 2.45) is 11.8 Å². The second-order valence-electron chi connectivity index (χ2n) is 8.53. The van der Waals surface area contributed by atoms with Crippen molar-refractivity contribution < 1.29 is 9.47 Å². The Hall–Kier alpha value is -0.0800. The van der Waals surface area contributed by atoms with Crippen molar-refractivity contribution in [2.45, 2.75) is 116 Å². The van der Waals surface area contributed by atoms with Crippen molar-refractivity contribution in [1.82, 2.24) is 0 Å². The molecule has 26 heavy (non-hydrogen) atoms. The van der Waals surface area contributed by atoms with Crippen LogP contribution in [0.4, 0.5) is 0 Å². The number of methoxy groups -OCH3 is 1. The maximum absolute atomic E-state index is 5.49. The lowest BCUT2D eigenvalue weighted by Gasteiger charge is -2.04. The van der Waals surface area contributed by atoms with Crippen LogP contribution >= 0.6 is 0 Å². The fraction of sp³-hybridized carbons (Fsp3) is 1.00. The highest BCUT2D eigenvalue weighted by molar-refractivity contribution is 4.85. The van der Waals surface area contributed by atoms with Crippen LogP contribution in [0.1, 0.15) is 116 Å². The molecule has 0 N–H and O–H groups in total. The maximum atomic E-state index is 5.49. The fourth-order valence-corrected chi connectivity index (χ4v) is 4.12. The third kappa shape index (κ3) is 15.0. The van der Waals surface area contributed by atoms with Gasteiger partial charge in [0.15, 0.2) is 0 Å². The highest BCUT2D eigenvalue weighted by atomic mass is 16.5. The molecule has 0 amide bonds. The Morgan fingerprint density at radius 3 is 1.62 bits per heavy atom. The van der Waals surface area contributed by atoms with Crippen molar-refractivity contribution in [3.8, 4) is 0 Å². The Morgan fingerprint density at radius 1 is 0.577 bits per heavy atom.